The molecule has 0 aliphatic carbocycles. The molecule has 10 heavy (non-hydrogen) atoms. The van der Waals surface area contributed by atoms with Gasteiger partial charge in [0.25, 0.3) is 0 Å². The van der Waals surface area contributed by atoms with E-state index in [2.05, 4.69) is 13.8 Å². The second-order valence-corrected chi connectivity index (χ2v) is 1.97. The highest BCUT2D eigenvalue weighted by molar-refractivity contribution is 4.42. The van der Waals surface area contributed by atoms with Gasteiger partial charge in [0.1, 0.15) is 0 Å². The van der Waals surface area contributed by atoms with Crippen LogP contribution < -0.4 is 5.73 Å². The van der Waals surface area contributed by atoms with Gasteiger partial charge in [0.15, 0.2) is 0 Å². The molecule has 1 heteroatoms. The summed E-state index contributed by atoms with van der Waals surface area (Å²) in [6, 6.07) is 0. The molecule has 0 saturated carbocycles. The third-order valence-electron chi connectivity index (χ3n) is 0.744. The largest absolute Gasteiger partial charge is 0.330 e. The molecule has 1 nitrogen and oxygen atoms in total. The molecule has 0 radical (unpaired) electrons. The van der Waals surface area contributed by atoms with Crippen molar-refractivity contribution < 1.29 is 0 Å². The maximum Gasteiger partial charge on any atom is -0.00748 e. The van der Waals surface area contributed by atoms with E-state index in [4.69, 9.17) is 5.73 Å². The molecule has 0 spiro atoms. The van der Waals surface area contributed by atoms with Gasteiger partial charge in [-0.25, -0.2) is 0 Å². The van der Waals surface area contributed by atoms with E-state index in [9.17, 15) is 0 Å². The van der Waals surface area contributed by atoms with Crippen LogP contribution in [0.15, 0.2) is 0 Å². The van der Waals surface area contributed by atoms with Crippen LogP contribution in [0.5, 0.6) is 0 Å². The first-order chi connectivity index (χ1) is 4.77. The highest BCUT2D eigenvalue weighted by atomic mass is 14.5. The lowest BCUT2D eigenvalue weighted by Gasteiger charge is -1.96. The van der Waals surface area contributed by atoms with Gasteiger partial charge >= 0.3 is 0 Å². The van der Waals surface area contributed by atoms with Crippen molar-refractivity contribution in [3.05, 3.63) is 0 Å². The summed E-state index contributed by atoms with van der Waals surface area (Å²) in [6.45, 7) is 13.2. The van der Waals surface area contributed by atoms with E-state index < -0.39 is 0 Å². The van der Waals surface area contributed by atoms with Crippen LogP contribution in [-0.4, -0.2) is 6.54 Å². The Hall–Kier alpha value is -0.0400. The van der Waals surface area contributed by atoms with Gasteiger partial charge in [-0.2, -0.15) is 0 Å². The van der Waals surface area contributed by atoms with Crippen LogP contribution >= 0.6 is 0 Å². The first kappa shape index (κ1) is 16.5. The van der Waals surface area contributed by atoms with Gasteiger partial charge in [0.05, 0.1) is 0 Å². The Balaban J connectivity index is -0.000000105. The molecule has 2 N–H and O–H groups in total. The Morgan fingerprint density at radius 3 is 1.30 bits per heavy atom. The second kappa shape index (κ2) is 23.1. The Labute approximate surface area is 67.0 Å². The lowest BCUT2D eigenvalue weighted by atomic mass is 10.1. The van der Waals surface area contributed by atoms with Gasteiger partial charge in [0.2, 0.25) is 0 Å². The molecule has 0 aromatic heterocycles. The van der Waals surface area contributed by atoms with Crippen molar-refractivity contribution in [2.75, 3.05) is 6.54 Å². The summed E-state index contributed by atoms with van der Waals surface area (Å²) in [6.07, 6.45) is 1.15. The quantitative estimate of drug-likeness (QED) is 0.638. The topological polar surface area (TPSA) is 26.0 Å². The average Bonchev–Trinajstić information content (AvgIpc) is 1.96. The predicted octanol–water partition coefficient (Wildman–Crippen LogP) is 3.04. The minimum absolute atomic E-state index is 0.773. The Morgan fingerprint density at radius 2 is 1.30 bits per heavy atom. The van der Waals surface area contributed by atoms with E-state index in [0.29, 0.717) is 0 Å². The first-order valence-electron chi connectivity index (χ1n) is 4.47. The number of hydrogen-bond acceptors (Lipinski definition) is 1. The molecular weight excluding hydrogens is 122 g/mol. The molecule has 66 valence electrons. The summed E-state index contributed by atoms with van der Waals surface area (Å²) in [4.78, 5) is 0. The molecule has 0 aromatic rings. The molecule has 0 aliphatic rings. The molecule has 0 bridgehead atoms. The summed E-state index contributed by atoms with van der Waals surface area (Å²) in [7, 11) is 0. The van der Waals surface area contributed by atoms with Crippen molar-refractivity contribution in [2.45, 2.75) is 48.0 Å². The molecule has 0 unspecified atom stereocenters. The van der Waals surface area contributed by atoms with Crippen molar-refractivity contribution in [1.82, 2.24) is 0 Å². The Morgan fingerprint density at radius 1 is 1.00 bits per heavy atom. The SMILES string of the molecule is CC.CC.CC(C)CCN. The van der Waals surface area contributed by atoms with Crippen molar-refractivity contribution in [1.29, 1.82) is 0 Å². The molecule has 0 aliphatic heterocycles. The molecule has 0 rings (SSSR count). The Bertz CT molecular complexity index is 25.9. The minimum Gasteiger partial charge on any atom is -0.330 e. The van der Waals surface area contributed by atoms with E-state index in [1.165, 1.54) is 0 Å². The summed E-state index contributed by atoms with van der Waals surface area (Å²) < 4.78 is 0. The van der Waals surface area contributed by atoms with Crippen LogP contribution in [0.3, 0.4) is 0 Å². The van der Waals surface area contributed by atoms with Crippen molar-refractivity contribution >= 4 is 0 Å². The summed E-state index contributed by atoms with van der Waals surface area (Å²) >= 11 is 0. The summed E-state index contributed by atoms with van der Waals surface area (Å²) in [5, 5.41) is 0. The fourth-order valence-corrected chi connectivity index (χ4v) is 0.333. The van der Waals surface area contributed by atoms with Crippen molar-refractivity contribution in [2.24, 2.45) is 11.7 Å². The monoisotopic (exact) mass is 147 g/mol. The number of nitrogens with two attached hydrogens (primary N) is 1. The van der Waals surface area contributed by atoms with Crippen molar-refractivity contribution in [3.63, 3.8) is 0 Å². The van der Waals surface area contributed by atoms with Crippen LogP contribution in [-0.2, 0) is 0 Å². The van der Waals surface area contributed by atoms with Crippen LogP contribution in [0.25, 0.3) is 0 Å². The molecular formula is C9H25N. The molecule has 0 amide bonds. The molecule has 0 fully saturated rings. The smallest absolute Gasteiger partial charge is 0.00748 e. The third kappa shape index (κ3) is 44.0. The molecule has 0 heterocycles. The van der Waals surface area contributed by atoms with Gasteiger partial charge in [-0.1, -0.05) is 41.5 Å². The average molecular weight is 147 g/mol. The fourth-order valence-electron chi connectivity index (χ4n) is 0.333. The lowest BCUT2D eigenvalue weighted by Crippen LogP contribution is -2.01. The number of rotatable bonds is 2. The normalized spacial score (nSPS) is 7.20. The predicted molar refractivity (Wildman–Crippen MR) is 51.2 cm³/mol. The van der Waals surface area contributed by atoms with Gasteiger partial charge in [-0.3, -0.25) is 0 Å². The summed E-state index contributed by atoms with van der Waals surface area (Å²) in [5.41, 5.74) is 5.23. The lowest BCUT2D eigenvalue weighted by molar-refractivity contribution is 0.596. The summed E-state index contributed by atoms with van der Waals surface area (Å²) in [5.74, 6) is 0.773. The Kier molecular flexibility index (Phi) is 38.1. The number of hydrogen-bond donors (Lipinski definition) is 1. The van der Waals surface area contributed by atoms with Crippen LogP contribution in [0.1, 0.15) is 48.0 Å². The minimum atomic E-state index is 0.773. The van der Waals surface area contributed by atoms with Crippen LogP contribution in [0.2, 0.25) is 0 Å². The third-order valence-corrected chi connectivity index (χ3v) is 0.744. The fraction of sp³-hybridized carbons (Fsp3) is 1.00. The highest BCUT2D eigenvalue weighted by Gasteiger charge is 1.85. The first-order valence-corrected chi connectivity index (χ1v) is 4.47. The van der Waals surface area contributed by atoms with E-state index >= 15 is 0 Å². The van der Waals surface area contributed by atoms with E-state index in [0.717, 1.165) is 18.9 Å². The van der Waals surface area contributed by atoms with Gasteiger partial charge < -0.3 is 5.73 Å². The molecule has 0 aromatic carbocycles. The zero-order valence-electron chi connectivity index (χ0n) is 8.57. The molecule has 0 atom stereocenters. The van der Waals surface area contributed by atoms with Crippen LogP contribution in [0, 0.1) is 5.92 Å². The van der Waals surface area contributed by atoms with E-state index in [1.807, 2.05) is 27.7 Å². The highest BCUT2D eigenvalue weighted by Crippen LogP contribution is 1.93. The maximum atomic E-state index is 5.23. The maximum absolute atomic E-state index is 5.23. The standard InChI is InChI=1S/C5H13N.2C2H6/c1-5(2)3-4-6;2*1-2/h5H,3-4,6H2,1-2H3;2*1-2H3. The van der Waals surface area contributed by atoms with Gasteiger partial charge in [-0.05, 0) is 18.9 Å². The molecule has 0 saturated heterocycles. The van der Waals surface area contributed by atoms with E-state index in [-0.39, 0.29) is 0 Å². The zero-order valence-corrected chi connectivity index (χ0v) is 8.57. The van der Waals surface area contributed by atoms with Gasteiger partial charge in [0, 0.05) is 0 Å². The zero-order chi connectivity index (χ0) is 8.99. The second-order valence-electron chi connectivity index (χ2n) is 1.97. The van der Waals surface area contributed by atoms with Gasteiger partial charge in [-0.15, -0.1) is 0 Å². The van der Waals surface area contributed by atoms with E-state index in [1.54, 1.807) is 0 Å². The van der Waals surface area contributed by atoms with Crippen molar-refractivity contribution in [3.8, 4) is 0 Å². The van der Waals surface area contributed by atoms with Crippen LogP contribution in [0.4, 0.5) is 0 Å².